The second-order valence-electron chi connectivity index (χ2n) is 5.42. The zero-order chi connectivity index (χ0) is 19.3. The molecule has 0 aliphatic heterocycles. The SMILES string of the molecule is CC(=O)c1cc(C#N)c(SCC(=O)Nc2ccc(C(N)=O)cc2)nc1C. The maximum atomic E-state index is 12.1. The average Bonchev–Trinajstić information content (AvgIpc) is 2.60. The van der Waals surface area contributed by atoms with Crippen LogP contribution in [0, 0.1) is 18.3 Å². The minimum absolute atomic E-state index is 0.0398. The Labute approximate surface area is 154 Å². The van der Waals surface area contributed by atoms with E-state index in [1.165, 1.54) is 25.1 Å². The van der Waals surface area contributed by atoms with Gasteiger partial charge in [-0.15, -0.1) is 0 Å². The Kier molecular flexibility index (Phi) is 6.09. The Hall–Kier alpha value is -3.18. The summed E-state index contributed by atoms with van der Waals surface area (Å²) in [6, 6.07) is 9.68. The number of pyridine rings is 1. The lowest BCUT2D eigenvalue weighted by atomic mass is 10.1. The number of nitrogens with zero attached hydrogens (tertiary/aromatic N) is 2. The van der Waals surface area contributed by atoms with Gasteiger partial charge in [-0.3, -0.25) is 14.4 Å². The van der Waals surface area contributed by atoms with Gasteiger partial charge in [0.15, 0.2) is 5.78 Å². The number of rotatable bonds is 6. The van der Waals surface area contributed by atoms with Crippen molar-refractivity contribution < 1.29 is 14.4 Å². The van der Waals surface area contributed by atoms with Crippen molar-refractivity contribution in [1.29, 1.82) is 5.26 Å². The topological polar surface area (TPSA) is 126 Å². The van der Waals surface area contributed by atoms with Gasteiger partial charge in [-0.1, -0.05) is 11.8 Å². The molecule has 132 valence electrons. The van der Waals surface area contributed by atoms with Crippen LogP contribution < -0.4 is 11.1 Å². The normalized spacial score (nSPS) is 10.0. The van der Waals surface area contributed by atoms with Gasteiger partial charge in [0, 0.05) is 22.5 Å². The average molecular weight is 368 g/mol. The number of nitriles is 1. The molecule has 1 heterocycles. The van der Waals surface area contributed by atoms with Crippen LogP contribution in [0.1, 0.15) is 38.9 Å². The lowest BCUT2D eigenvalue weighted by Gasteiger charge is -2.08. The lowest BCUT2D eigenvalue weighted by Crippen LogP contribution is -2.15. The highest BCUT2D eigenvalue weighted by Crippen LogP contribution is 2.23. The first-order valence-electron chi connectivity index (χ1n) is 7.57. The van der Waals surface area contributed by atoms with Crippen LogP contribution in [0.4, 0.5) is 5.69 Å². The molecule has 1 aromatic carbocycles. The van der Waals surface area contributed by atoms with Gasteiger partial charge >= 0.3 is 0 Å². The van der Waals surface area contributed by atoms with E-state index in [0.29, 0.717) is 27.5 Å². The van der Waals surface area contributed by atoms with Crippen molar-refractivity contribution in [2.24, 2.45) is 5.73 Å². The summed E-state index contributed by atoms with van der Waals surface area (Å²) in [5.74, 6) is -0.961. The first-order chi connectivity index (χ1) is 12.3. The second-order valence-corrected chi connectivity index (χ2v) is 6.38. The van der Waals surface area contributed by atoms with Gasteiger partial charge in [-0.2, -0.15) is 5.26 Å². The van der Waals surface area contributed by atoms with Crippen molar-refractivity contribution in [3.05, 3.63) is 52.7 Å². The molecule has 0 saturated carbocycles. The van der Waals surface area contributed by atoms with E-state index in [9.17, 15) is 19.6 Å². The molecule has 2 amide bonds. The Bertz CT molecular complexity index is 917. The molecule has 26 heavy (non-hydrogen) atoms. The molecule has 0 unspecified atom stereocenters. The minimum atomic E-state index is -0.544. The Morgan fingerprint density at radius 1 is 1.27 bits per heavy atom. The van der Waals surface area contributed by atoms with Crippen molar-refractivity contribution in [2.45, 2.75) is 18.9 Å². The number of thioether (sulfide) groups is 1. The van der Waals surface area contributed by atoms with E-state index in [1.54, 1.807) is 19.1 Å². The molecule has 0 spiro atoms. The third-order valence-corrected chi connectivity index (χ3v) is 4.46. The summed E-state index contributed by atoms with van der Waals surface area (Å²) in [6.45, 7) is 3.09. The molecule has 0 saturated heterocycles. The van der Waals surface area contributed by atoms with E-state index in [0.717, 1.165) is 11.8 Å². The number of nitrogens with two attached hydrogens (primary N) is 1. The predicted octanol–water partition coefficient (Wildman–Crippen LogP) is 2.29. The number of carbonyl (C=O) groups is 3. The molecular weight excluding hydrogens is 352 g/mol. The number of Topliss-reactive ketones (excluding diaryl/α,β-unsaturated/α-hetero) is 1. The number of primary amides is 1. The van der Waals surface area contributed by atoms with Crippen molar-refractivity contribution in [1.82, 2.24) is 4.98 Å². The third-order valence-electron chi connectivity index (χ3n) is 3.47. The highest BCUT2D eigenvalue weighted by atomic mass is 32.2. The van der Waals surface area contributed by atoms with Crippen molar-refractivity contribution in [2.75, 3.05) is 11.1 Å². The van der Waals surface area contributed by atoms with Gasteiger partial charge < -0.3 is 11.1 Å². The van der Waals surface area contributed by atoms with E-state index in [2.05, 4.69) is 10.3 Å². The number of anilines is 1. The van der Waals surface area contributed by atoms with Crippen LogP contribution >= 0.6 is 11.8 Å². The van der Waals surface area contributed by atoms with Gasteiger partial charge in [0.25, 0.3) is 0 Å². The summed E-state index contributed by atoms with van der Waals surface area (Å²) in [7, 11) is 0. The highest BCUT2D eigenvalue weighted by Gasteiger charge is 2.14. The minimum Gasteiger partial charge on any atom is -0.366 e. The molecule has 1 aromatic heterocycles. The molecule has 0 bridgehead atoms. The van der Waals surface area contributed by atoms with Crippen LogP contribution in [0.2, 0.25) is 0 Å². The number of ketones is 1. The molecule has 0 aliphatic carbocycles. The molecule has 3 N–H and O–H groups in total. The van der Waals surface area contributed by atoms with Gasteiger partial charge in [-0.05, 0) is 44.2 Å². The van der Waals surface area contributed by atoms with Crippen LogP contribution in [-0.2, 0) is 4.79 Å². The van der Waals surface area contributed by atoms with E-state index in [1.807, 2.05) is 6.07 Å². The van der Waals surface area contributed by atoms with E-state index in [4.69, 9.17) is 5.73 Å². The lowest BCUT2D eigenvalue weighted by molar-refractivity contribution is -0.113. The summed E-state index contributed by atoms with van der Waals surface area (Å²) >= 11 is 1.11. The van der Waals surface area contributed by atoms with Crippen LogP contribution in [0.25, 0.3) is 0 Å². The molecule has 7 nitrogen and oxygen atoms in total. The second kappa shape index (κ2) is 8.27. The number of amides is 2. The number of aromatic nitrogens is 1. The van der Waals surface area contributed by atoms with Crippen molar-refractivity contribution in [3.8, 4) is 6.07 Å². The maximum absolute atomic E-state index is 12.1. The molecule has 0 atom stereocenters. The number of benzene rings is 1. The number of nitrogens with one attached hydrogen (secondary N) is 1. The fourth-order valence-electron chi connectivity index (χ4n) is 2.18. The molecular formula is C18H16N4O3S. The molecule has 2 aromatic rings. The van der Waals surface area contributed by atoms with Crippen LogP contribution in [-0.4, -0.2) is 28.3 Å². The van der Waals surface area contributed by atoms with Crippen molar-refractivity contribution >= 4 is 35.0 Å². The summed E-state index contributed by atoms with van der Waals surface area (Å²) in [6.07, 6.45) is 0. The number of hydrogen-bond donors (Lipinski definition) is 2. The number of hydrogen-bond acceptors (Lipinski definition) is 6. The fraction of sp³-hybridized carbons (Fsp3) is 0.167. The summed E-state index contributed by atoms with van der Waals surface area (Å²) in [5.41, 5.74) is 7.20. The zero-order valence-electron chi connectivity index (χ0n) is 14.2. The smallest absolute Gasteiger partial charge is 0.248 e. The van der Waals surface area contributed by atoms with Gasteiger partial charge in [0.1, 0.15) is 11.1 Å². The molecule has 0 fully saturated rings. The summed E-state index contributed by atoms with van der Waals surface area (Å²) in [5, 5.41) is 12.3. The number of aryl methyl sites for hydroxylation is 1. The highest BCUT2D eigenvalue weighted by molar-refractivity contribution is 8.00. The predicted molar refractivity (Wildman–Crippen MR) is 98.0 cm³/mol. The van der Waals surface area contributed by atoms with Crippen molar-refractivity contribution in [3.63, 3.8) is 0 Å². The van der Waals surface area contributed by atoms with Crippen LogP contribution in [0.3, 0.4) is 0 Å². The standard InChI is InChI=1S/C18H16N4O3S/c1-10-15(11(2)23)7-13(8-19)18(21-10)26-9-16(24)22-14-5-3-12(4-6-14)17(20)25/h3-7H,9H2,1-2H3,(H2,20,25)(H,22,24). The van der Waals surface area contributed by atoms with Crippen LogP contribution in [0.15, 0.2) is 35.4 Å². The Balaban J connectivity index is 2.05. The largest absolute Gasteiger partial charge is 0.366 e. The molecule has 8 heteroatoms. The quantitative estimate of drug-likeness (QED) is 0.595. The van der Waals surface area contributed by atoms with Gasteiger partial charge in [0.2, 0.25) is 11.8 Å². The Morgan fingerprint density at radius 2 is 1.92 bits per heavy atom. The van der Waals surface area contributed by atoms with Gasteiger partial charge in [-0.25, -0.2) is 4.98 Å². The monoisotopic (exact) mass is 368 g/mol. The van der Waals surface area contributed by atoms with E-state index >= 15 is 0 Å². The Morgan fingerprint density at radius 3 is 2.46 bits per heavy atom. The third kappa shape index (κ3) is 4.68. The zero-order valence-corrected chi connectivity index (χ0v) is 15.0. The summed E-state index contributed by atoms with van der Waals surface area (Å²) < 4.78 is 0. The van der Waals surface area contributed by atoms with Gasteiger partial charge in [0.05, 0.1) is 11.3 Å². The number of carbonyl (C=O) groups excluding carboxylic acids is 3. The maximum Gasteiger partial charge on any atom is 0.248 e. The van der Waals surface area contributed by atoms with Crippen LogP contribution in [0.5, 0.6) is 0 Å². The molecule has 2 rings (SSSR count). The molecule has 0 aliphatic rings. The fourth-order valence-corrected chi connectivity index (χ4v) is 2.98. The van der Waals surface area contributed by atoms with E-state index < -0.39 is 5.91 Å². The first-order valence-corrected chi connectivity index (χ1v) is 8.55. The van der Waals surface area contributed by atoms with E-state index in [-0.39, 0.29) is 23.0 Å². The summed E-state index contributed by atoms with van der Waals surface area (Å²) in [4.78, 5) is 38.9. The first kappa shape index (κ1) is 19.1. The molecule has 0 radical (unpaired) electrons.